The van der Waals surface area contributed by atoms with Crippen LogP contribution in [0, 0.1) is 6.92 Å². The van der Waals surface area contributed by atoms with Crippen molar-refractivity contribution < 1.29 is 4.79 Å². The topological polar surface area (TPSA) is 118 Å². The lowest BCUT2D eigenvalue weighted by atomic mass is 10.2. The van der Waals surface area contributed by atoms with E-state index in [0.717, 1.165) is 18.5 Å². The van der Waals surface area contributed by atoms with Gasteiger partial charge in [0.2, 0.25) is 0 Å². The van der Waals surface area contributed by atoms with Gasteiger partial charge in [0.05, 0.1) is 11.2 Å². The number of H-pyrrole nitrogens is 1. The molecule has 9 nitrogen and oxygen atoms in total. The second kappa shape index (κ2) is 7.79. The number of aromatic nitrogens is 6. The minimum Gasteiger partial charge on any atom is -0.352 e. The van der Waals surface area contributed by atoms with E-state index < -0.39 is 11.5 Å². The summed E-state index contributed by atoms with van der Waals surface area (Å²) in [5.74, 6) is -0.0187. The number of rotatable bonds is 7. The molecule has 3 aromatic rings. The van der Waals surface area contributed by atoms with Crippen LogP contribution in [0.1, 0.15) is 33.2 Å². The number of amides is 1. The number of aryl methyl sites for hydroxylation is 2. The van der Waals surface area contributed by atoms with Gasteiger partial charge in [0.25, 0.3) is 11.5 Å². The van der Waals surface area contributed by atoms with Crippen molar-refractivity contribution in [1.29, 1.82) is 0 Å². The Morgan fingerprint density at radius 3 is 2.96 bits per heavy atom. The third kappa shape index (κ3) is 4.35. The number of aromatic amines is 1. The van der Waals surface area contributed by atoms with Gasteiger partial charge in [-0.15, -0.1) is 11.3 Å². The number of carbonyl (C=O) groups is 1. The Bertz CT molecular complexity index is 901. The molecule has 0 aliphatic carbocycles. The zero-order valence-corrected chi connectivity index (χ0v) is 14.4. The Labute approximate surface area is 147 Å². The molecule has 0 spiro atoms. The Hall–Kier alpha value is -2.88. The van der Waals surface area contributed by atoms with Crippen molar-refractivity contribution in [3.05, 3.63) is 56.7 Å². The molecule has 3 rings (SSSR count). The van der Waals surface area contributed by atoms with E-state index in [4.69, 9.17) is 0 Å². The summed E-state index contributed by atoms with van der Waals surface area (Å²) < 4.78 is 1.53. The smallest absolute Gasteiger partial charge is 0.263 e. The van der Waals surface area contributed by atoms with E-state index >= 15 is 0 Å². The molecule has 10 heteroatoms. The lowest BCUT2D eigenvalue weighted by Crippen LogP contribution is -2.31. The summed E-state index contributed by atoms with van der Waals surface area (Å²) in [6.45, 7) is 2.73. The minimum absolute atomic E-state index is 0.00342. The van der Waals surface area contributed by atoms with Crippen molar-refractivity contribution >= 4 is 17.2 Å². The van der Waals surface area contributed by atoms with Gasteiger partial charge in [-0.3, -0.25) is 9.59 Å². The molecule has 2 N–H and O–H groups in total. The Morgan fingerprint density at radius 1 is 1.40 bits per heavy atom. The third-order valence-electron chi connectivity index (χ3n) is 3.59. The van der Waals surface area contributed by atoms with Crippen molar-refractivity contribution in [3.8, 4) is 0 Å². The first-order chi connectivity index (χ1) is 12.1. The normalized spacial score (nSPS) is 10.8. The molecule has 0 radical (unpaired) electrons. The molecule has 0 atom stereocenters. The zero-order valence-electron chi connectivity index (χ0n) is 13.6. The van der Waals surface area contributed by atoms with Gasteiger partial charge in [-0.2, -0.15) is 5.10 Å². The molecule has 0 unspecified atom stereocenters. The van der Waals surface area contributed by atoms with E-state index in [1.54, 1.807) is 11.3 Å². The Kier molecular flexibility index (Phi) is 5.29. The summed E-state index contributed by atoms with van der Waals surface area (Å²) in [4.78, 5) is 40.1. The Balaban J connectivity index is 1.53. The SMILES string of the molecule is Cc1ncsc1CCCNC(=O)c1cnc(Cn2cncn2)[nH]c1=O. The highest BCUT2D eigenvalue weighted by Crippen LogP contribution is 2.13. The van der Waals surface area contributed by atoms with Crippen LogP contribution in [0.3, 0.4) is 0 Å². The van der Waals surface area contributed by atoms with Crippen molar-refractivity contribution in [2.75, 3.05) is 6.54 Å². The van der Waals surface area contributed by atoms with Gasteiger partial charge in [0, 0.05) is 17.6 Å². The maximum Gasteiger partial charge on any atom is 0.263 e. The van der Waals surface area contributed by atoms with Crippen LogP contribution in [0.4, 0.5) is 0 Å². The van der Waals surface area contributed by atoms with Crippen LogP contribution in [0.15, 0.2) is 29.2 Å². The molecular weight excluding hydrogens is 342 g/mol. The molecule has 0 aliphatic rings. The summed E-state index contributed by atoms with van der Waals surface area (Å²) in [6, 6.07) is 0. The molecule has 3 aromatic heterocycles. The first-order valence-electron chi connectivity index (χ1n) is 7.71. The molecular formula is C15H17N7O2S. The molecule has 1 amide bonds. The summed E-state index contributed by atoms with van der Waals surface area (Å²) in [5, 5.41) is 6.68. The molecule has 0 bridgehead atoms. The Morgan fingerprint density at radius 2 is 2.28 bits per heavy atom. The van der Waals surface area contributed by atoms with E-state index in [-0.39, 0.29) is 12.1 Å². The van der Waals surface area contributed by atoms with Crippen LogP contribution in [0.25, 0.3) is 0 Å². The minimum atomic E-state index is -0.471. The quantitative estimate of drug-likeness (QED) is 0.594. The van der Waals surface area contributed by atoms with Crippen LogP contribution in [0.2, 0.25) is 0 Å². The predicted octanol–water partition coefficient (Wildman–Crippen LogP) is 0.537. The first kappa shape index (κ1) is 17.0. The van der Waals surface area contributed by atoms with E-state index in [1.807, 2.05) is 12.4 Å². The van der Waals surface area contributed by atoms with Crippen LogP contribution in [-0.4, -0.2) is 42.2 Å². The fraction of sp³-hybridized carbons (Fsp3) is 0.333. The van der Waals surface area contributed by atoms with E-state index in [0.29, 0.717) is 12.4 Å². The van der Waals surface area contributed by atoms with Crippen LogP contribution in [0.5, 0.6) is 0 Å². The number of hydrogen-bond acceptors (Lipinski definition) is 7. The fourth-order valence-electron chi connectivity index (χ4n) is 2.25. The molecule has 25 heavy (non-hydrogen) atoms. The van der Waals surface area contributed by atoms with E-state index in [9.17, 15) is 9.59 Å². The second-order valence-corrected chi connectivity index (χ2v) is 6.33. The maximum atomic E-state index is 12.1. The monoisotopic (exact) mass is 359 g/mol. The lowest BCUT2D eigenvalue weighted by molar-refractivity contribution is 0.0951. The number of carbonyl (C=O) groups excluding carboxylic acids is 1. The third-order valence-corrected chi connectivity index (χ3v) is 4.58. The van der Waals surface area contributed by atoms with Gasteiger partial charge in [-0.1, -0.05) is 0 Å². The number of hydrogen-bond donors (Lipinski definition) is 2. The van der Waals surface area contributed by atoms with E-state index in [1.165, 1.54) is 28.4 Å². The second-order valence-electron chi connectivity index (χ2n) is 5.39. The van der Waals surface area contributed by atoms with Crippen molar-refractivity contribution in [2.24, 2.45) is 0 Å². The number of nitrogens with one attached hydrogen (secondary N) is 2. The standard InChI is InChI=1S/C15H17N7O2S/c1-10-12(25-9-19-10)3-2-4-17-14(23)11-5-18-13(21-15(11)24)6-22-8-16-7-20-22/h5,7-9H,2-4,6H2,1H3,(H,17,23)(H,18,21,24). The van der Waals surface area contributed by atoms with Crippen molar-refractivity contribution in [2.45, 2.75) is 26.3 Å². The highest BCUT2D eigenvalue weighted by atomic mass is 32.1. The summed E-state index contributed by atoms with van der Waals surface area (Å²) in [7, 11) is 0. The summed E-state index contributed by atoms with van der Waals surface area (Å²) in [5.41, 5.74) is 2.37. The average molecular weight is 359 g/mol. The van der Waals surface area contributed by atoms with Gasteiger partial charge in [0.1, 0.15) is 30.6 Å². The summed E-state index contributed by atoms with van der Waals surface area (Å²) in [6.07, 6.45) is 5.83. The molecule has 3 heterocycles. The molecule has 0 saturated heterocycles. The van der Waals surface area contributed by atoms with E-state index in [2.05, 4.69) is 30.4 Å². The molecule has 0 aromatic carbocycles. The number of nitrogens with zero attached hydrogens (tertiary/aromatic N) is 5. The van der Waals surface area contributed by atoms with Gasteiger partial charge in [0.15, 0.2) is 0 Å². The van der Waals surface area contributed by atoms with Crippen molar-refractivity contribution in [1.82, 2.24) is 35.0 Å². The largest absolute Gasteiger partial charge is 0.352 e. The fourth-order valence-corrected chi connectivity index (χ4v) is 3.08. The van der Waals surface area contributed by atoms with Crippen LogP contribution >= 0.6 is 11.3 Å². The molecule has 0 aliphatic heterocycles. The van der Waals surface area contributed by atoms with Gasteiger partial charge in [-0.05, 0) is 19.8 Å². The van der Waals surface area contributed by atoms with Crippen molar-refractivity contribution in [3.63, 3.8) is 0 Å². The average Bonchev–Trinajstić information content (AvgIpc) is 3.23. The van der Waals surface area contributed by atoms with Gasteiger partial charge in [-0.25, -0.2) is 19.6 Å². The highest BCUT2D eigenvalue weighted by molar-refractivity contribution is 7.09. The summed E-state index contributed by atoms with van der Waals surface area (Å²) >= 11 is 1.61. The lowest BCUT2D eigenvalue weighted by Gasteiger charge is -2.05. The first-order valence-corrected chi connectivity index (χ1v) is 8.59. The number of thiazole rings is 1. The van der Waals surface area contributed by atoms with Crippen LogP contribution < -0.4 is 10.9 Å². The molecule has 0 fully saturated rings. The van der Waals surface area contributed by atoms with Gasteiger partial charge >= 0.3 is 0 Å². The van der Waals surface area contributed by atoms with Gasteiger partial charge < -0.3 is 10.3 Å². The molecule has 0 saturated carbocycles. The van der Waals surface area contributed by atoms with Crippen LogP contribution in [-0.2, 0) is 13.0 Å². The molecule has 130 valence electrons. The highest BCUT2D eigenvalue weighted by Gasteiger charge is 2.12. The zero-order chi connectivity index (χ0) is 17.6. The predicted molar refractivity (Wildman–Crippen MR) is 91.5 cm³/mol. The maximum absolute atomic E-state index is 12.1.